The van der Waals surface area contributed by atoms with Gasteiger partial charge >= 0.3 is 0 Å². The summed E-state index contributed by atoms with van der Waals surface area (Å²) in [5, 5.41) is 12.0. The van der Waals surface area contributed by atoms with Gasteiger partial charge in [0.15, 0.2) is 0 Å². The zero-order chi connectivity index (χ0) is 15.5. The molecule has 0 radical (unpaired) electrons. The van der Waals surface area contributed by atoms with E-state index in [-0.39, 0.29) is 11.8 Å². The third kappa shape index (κ3) is 2.79. The topological polar surface area (TPSA) is 67.2 Å². The quantitative estimate of drug-likeness (QED) is 0.845. The largest absolute Gasteiger partial charge is 0.349 e. The molecule has 0 spiro atoms. The van der Waals surface area contributed by atoms with Gasteiger partial charge in [-0.1, -0.05) is 23.3 Å². The summed E-state index contributed by atoms with van der Waals surface area (Å²) in [7, 11) is 3.60. The van der Waals surface area contributed by atoms with Crippen LogP contribution < -0.4 is 4.90 Å². The molecule has 0 saturated carbocycles. The van der Waals surface area contributed by atoms with Gasteiger partial charge in [0.25, 0.3) is 0 Å². The van der Waals surface area contributed by atoms with Crippen molar-refractivity contribution in [2.75, 3.05) is 32.1 Å². The summed E-state index contributed by atoms with van der Waals surface area (Å²) in [5.41, 5.74) is 0.920. The first-order chi connectivity index (χ1) is 10.7. The lowest BCUT2D eigenvalue weighted by atomic mass is 9.97. The first-order valence-electron chi connectivity index (χ1n) is 7.46. The standard InChI is InChI=1S/C15H20N6O/c1-19(2)14(22)12-7-6-10-20(11-12)15-16-17-18-21(15)13-8-4-3-5-9-13/h3-5,8-9,12H,6-7,10-11H2,1-2H3/t12-/m0/s1. The maximum atomic E-state index is 12.2. The number of hydrogen-bond donors (Lipinski definition) is 0. The molecule has 1 fully saturated rings. The number of piperidine rings is 1. The van der Waals surface area contributed by atoms with Crippen molar-refractivity contribution < 1.29 is 4.79 Å². The van der Waals surface area contributed by atoms with Gasteiger partial charge in [0, 0.05) is 27.2 Å². The van der Waals surface area contributed by atoms with E-state index in [0.29, 0.717) is 12.5 Å². The number of benzene rings is 1. The van der Waals surface area contributed by atoms with Crippen molar-refractivity contribution in [1.29, 1.82) is 0 Å². The number of anilines is 1. The molecule has 1 aliphatic rings. The molecule has 2 heterocycles. The number of para-hydroxylation sites is 1. The molecule has 2 aromatic rings. The Morgan fingerprint density at radius 1 is 1.27 bits per heavy atom. The number of tetrazole rings is 1. The van der Waals surface area contributed by atoms with Gasteiger partial charge in [0.2, 0.25) is 11.9 Å². The average molecular weight is 300 g/mol. The molecule has 1 atom stereocenters. The van der Waals surface area contributed by atoms with E-state index in [1.165, 1.54) is 0 Å². The number of hydrogen-bond acceptors (Lipinski definition) is 5. The van der Waals surface area contributed by atoms with Crippen LogP contribution in [0.3, 0.4) is 0 Å². The smallest absolute Gasteiger partial charge is 0.250 e. The first-order valence-corrected chi connectivity index (χ1v) is 7.46. The van der Waals surface area contributed by atoms with E-state index < -0.39 is 0 Å². The van der Waals surface area contributed by atoms with Crippen LogP contribution >= 0.6 is 0 Å². The maximum absolute atomic E-state index is 12.2. The second kappa shape index (κ2) is 6.13. The van der Waals surface area contributed by atoms with E-state index in [1.54, 1.807) is 23.7 Å². The van der Waals surface area contributed by atoms with Crippen molar-refractivity contribution in [3.05, 3.63) is 30.3 Å². The predicted octanol–water partition coefficient (Wildman–Crippen LogP) is 0.967. The molecule has 3 rings (SSSR count). The normalized spacial score (nSPS) is 18.3. The summed E-state index contributed by atoms with van der Waals surface area (Å²) in [4.78, 5) is 16.0. The Kier molecular flexibility index (Phi) is 4.04. The van der Waals surface area contributed by atoms with Crippen molar-refractivity contribution in [2.24, 2.45) is 5.92 Å². The summed E-state index contributed by atoms with van der Waals surface area (Å²) >= 11 is 0. The summed E-state index contributed by atoms with van der Waals surface area (Å²) in [6.07, 6.45) is 1.88. The molecule has 22 heavy (non-hydrogen) atoms. The zero-order valence-electron chi connectivity index (χ0n) is 12.9. The van der Waals surface area contributed by atoms with E-state index in [0.717, 1.165) is 25.1 Å². The fraction of sp³-hybridized carbons (Fsp3) is 0.467. The molecule has 1 saturated heterocycles. The maximum Gasteiger partial charge on any atom is 0.250 e. The van der Waals surface area contributed by atoms with E-state index in [9.17, 15) is 4.79 Å². The van der Waals surface area contributed by atoms with Crippen molar-refractivity contribution in [1.82, 2.24) is 25.1 Å². The Hall–Kier alpha value is -2.44. The van der Waals surface area contributed by atoms with Crippen LogP contribution in [0.25, 0.3) is 5.69 Å². The lowest BCUT2D eigenvalue weighted by Crippen LogP contribution is -2.43. The van der Waals surface area contributed by atoms with Gasteiger partial charge in [-0.2, -0.15) is 4.68 Å². The number of carbonyl (C=O) groups is 1. The van der Waals surface area contributed by atoms with Crippen LogP contribution in [0.1, 0.15) is 12.8 Å². The molecule has 116 valence electrons. The van der Waals surface area contributed by atoms with Gasteiger partial charge in [0.05, 0.1) is 11.6 Å². The lowest BCUT2D eigenvalue weighted by Gasteiger charge is -2.33. The molecule has 7 nitrogen and oxygen atoms in total. The van der Waals surface area contributed by atoms with Gasteiger partial charge in [0.1, 0.15) is 0 Å². The van der Waals surface area contributed by atoms with Crippen LogP contribution in [-0.4, -0.2) is 58.2 Å². The Morgan fingerprint density at radius 3 is 2.77 bits per heavy atom. The highest BCUT2D eigenvalue weighted by atomic mass is 16.2. The van der Waals surface area contributed by atoms with Gasteiger partial charge in [-0.25, -0.2) is 0 Å². The summed E-state index contributed by atoms with van der Waals surface area (Å²) in [6, 6.07) is 9.80. The number of amides is 1. The van der Waals surface area contributed by atoms with E-state index in [2.05, 4.69) is 20.4 Å². The lowest BCUT2D eigenvalue weighted by molar-refractivity contribution is -0.133. The fourth-order valence-electron chi connectivity index (χ4n) is 2.84. The van der Waals surface area contributed by atoms with E-state index in [1.807, 2.05) is 30.3 Å². The van der Waals surface area contributed by atoms with Gasteiger partial charge in [-0.15, -0.1) is 0 Å². The average Bonchev–Trinajstić information content (AvgIpc) is 3.04. The number of carbonyl (C=O) groups excluding carboxylic acids is 1. The molecule has 0 aliphatic carbocycles. The third-order valence-electron chi connectivity index (χ3n) is 3.95. The van der Waals surface area contributed by atoms with Crippen molar-refractivity contribution >= 4 is 11.9 Å². The van der Waals surface area contributed by atoms with E-state index in [4.69, 9.17) is 0 Å². The first kappa shape index (κ1) is 14.5. The Morgan fingerprint density at radius 2 is 2.05 bits per heavy atom. The van der Waals surface area contributed by atoms with Crippen LogP contribution in [0.4, 0.5) is 5.95 Å². The summed E-state index contributed by atoms with van der Waals surface area (Å²) < 4.78 is 1.72. The Balaban J connectivity index is 1.83. The highest BCUT2D eigenvalue weighted by Gasteiger charge is 2.29. The van der Waals surface area contributed by atoms with Crippen LogP contribution in [0.5, 0.6) is 0 Å². The minimum Gasteiger partial charge on any atom is -0.349 e. The van der Waals surface area contributed by atoms with Crippen molar-refractivity contribution in [3.8, 4) is 5.69 Å². The molecule has 1 amide bonds. The molecular weight excluding hydrogens is 280 g/mol. The van der Waals surface area contributed by atoms with Crippen molar-refractivity contribution in [2.45, 2.75) is 12.8 Å². The third-order valence-corrected chi connectivity index (χ3v) is 3.95. The minimum absolute atomic E-state index is 0.00433. The summed E-state index contributed by atoms with van der Waals surface area (Å²) in [6.45, 7) is 1.52. The highest BCUT2D eigenvalue weighted by Crippen LogP contribution is 2.23. The van der Waals surface area contributed by atoms with Crippen molar-refractivity contribution in [3.63, 3.8) is 0 Å². The predicted molar refractivity (Wildman–Crippen MR) is 82.8 cm³/mol. The summed E-state index contributed by atoms with van der Waals surface area (Å²) in [5.74, 6) is 0.871. The Labute approximate surface area is 129 Å². The fourth-order valence-corrected chi connectivity index (χ4v) is 2.84. The molecule has 1 aliphatic heterocycles. The molecular formula is C15H20N6O. The van der Waals surface area contributed by atoms with Crippen LogP contribution in [-0.2, 0) is 4.79 Å². The molecule has 0 N–H and O–H groups in total. The molecule has 7 heteroatoms. The van der Waals surface area contributed by atoms with Crippen LogP contribution in [0, 0.1) is 5.92 Å². The zero-order valence-corrected chi connectivity index (χ0v) is 12.9. The van der Waals surface area contributed by atoms with Crippen LogP contribution in [0.2, 0.25) is 0 Å². The molecule has 0 bridgehead atoms. The number of rotatable bonds is 3. The van der Waals surface area contributed by atoms with Gasteiger partial charge < -0.3 is 9.80 Å². The highest BCUT2D eigenvalue weighted by molar-refractivity contribution is 5.79. The monoisotopic (exact) mass is 300 g/mol. The SMILES string of the molecule is CN(C)C(=O)[C@H]1CCCN(c2nnnn2-c2ccccc2)C1. The molecule has 1 aromatic heterocycles. The minimum atomic E-state index is 0.00433. The van der Waals surface area contributed by atoms with Crippen LogP contribution in [0.15, 0.2) is 30.3 Å². The van der Waals surface area contributed by atoms with Gasteiger partial charge in [-0.3, -0.25) is 4.79 Å². The number of aromatic nitrogens is 4. The molecule has 1 aromatic carbocycles. The van der Waals surface area contributed by atoms with Gasteiger partial charge in [-0.05, 0) is 35.4 Å². The Bertz CT molecular complexity index is 638. The second-order valence-corrected chi connectivity index (χ2v) is 5.74. The number of nitrogens with zero attached hydrogens (tertiary/aromatic N) is 6. The molecule has 0 unspecified atom stereocenters. The second-order valence-electron chi connectivity index (χ2n) is 5.74. The van der Waals surface area contributed by atoms with E-state index >= 15 is 0 Å².